The van der Waals surface area contributed by atoms with Crippen molar-refractivity contribution in [3.8, 4) is 0 Å². The van der Waals surface area contributed by atoms with Gasteiger partial charge in [-0.2, -0.15) is 0 Å². The monoisotopic (exact) mass is 447 g/mol. The molecule has 1 heterocycles. The third kappa shape index (κ3) is 6.88. The van der Waals surface area contributed by atoms with Crippen molar-refractivity contribution in [3.63, 3.8) is 0 Å². The molecule has 0 radical (unpaired) electrons. The molecule has 10 heteroatoms. The lowest BCUT2D eigenvalue weighted by atomic mass is 10.2. The first kappa shape index (κ1) is 24.0. The van der Waals surface area contributed by atoms with Crippen molar-refractivity contribution in [3.05, 3.63) is 59.4 Å². The second-order valence-electron chi connectivity index (χ2n) is 6.64. The number of carbonyl (C=O) groups excluding carboxylic acids is 3. The van der Waals surface area contributed by atoms with Gasteiger partial charge in [0.2, 0.25) is 0 Å². The van der Waals surface area contributed by atoms with Gasteiger partial charge >= 0.3 is 5.97 Å². The number of amides is 2. The maximum Gasteiger partial charge on any atom is 0.356 e. The van der Waals surface area contributed by atoms with E-state index < -0.39 is 27.8 Å². The molecule has 0 aliphatic rings. The zero-order valence-corrected chi connectivity index (χ0v) is 18.2. The van der Waals surface area contributed by atoms with Gasteiger partial charge in [-0.25, -0.2) is 22.9 Å². The van der Waals surface area contributed by atoms with Crippen LogP contribution in [-0.2, 0) is 14.8 Å². The van der Waals surface area contributed by atoms with Crippen molar-refractivity contribution >= 4 is 27.8 Å². The second kappa shape index (κ2) is 11.2. The van der Waals surface area contributed by atoms with Gasteiger partial charge in [0, 0.05) is 18.3 Å². The Balaban J connectivity index is 2.10. The van der Waals surface area contributed by atoms with E-state index in [9.17, 15) is 22.8 Å². The predicted molar refractivity (Wildman–Crippen MR) is 113 cm³/mol. The maximum absolute atomic E-state index is 12.6. The number of benzene rings is 1. The summed E-state index contributed by atoms with van der Waals surface area (Å²) < 4.78 is 32.1. The van der Waals surface area contributed by atoms with E-state index in [-0.39, 0.29) is 28.3 Å². The number of nitrogens with zero attached hydrogens (tertiary/aromatic N) is 1. The number of sulfonamides is 1. The molecule has 0 saturated heterocycles. The number of nitrogens with one attached hydrogen (secondary N) is 2. The zero-order valence-electron chi connectivity index (χ0n) is 17.4. The molecule has 166 valence electrons. The Kier molecular flexibility index (Phi) is 8.68. The van der Waals surface area contributed by atoms with Crippen LogP contribution in [0, 0.1) is 0 Å². The molecule has 2 rings (SSSR count). The van der Waals surface area contributed by atoms with E-state index in [4.69, 9.17) is 4.74 Å². The van der Waals surface area contributed by atoms with Crippen molar-refractivity contribution in [2.45, 2.75) is 38.0 Å². The Bertz CT molecular complexity index is 1040. The molecule has 0 aliphatic heterocycles. The van der Waals surface area contributed by atoms with Crippen LogP contribution in [0.2, 0.25) is 0 Å². The summed E-state index contributed by atoms with van der Waals surface area (Å²) in [7, 11) is -4.23. The fraction of sp³-hybridized carbons (Fsp3) is 0.333. The van der Waals surface area contributed by atoms with Crippen LogP contribution >= 0.6 is 0 Å². The molecule has 1 aromatic heterocycles. The Morgan fingerprint density at radius 1 is 1.00 bits per heavy atom. The number of rotatable bonds is 10. The van der Waals surface area contributed by atoms with Gasteiger partial charge < -0.3 is 10.1 Å². The molecule has 0 fully saturated rings. The van der Waals surface area contributed by atoms with Crippen LogP contribution in [0.1, 0.15) is 64.3 Å². The van der Waals surface area contributed by atoms with Crippen LogP contribution in [0.25, 0.3) is 0 Å². The Morgan fingerprint density at radius 2 is 1.77 bits per heavy atom. The first-order valence-electron chi connectivity index (χ1n) is 9.87. The number of ether oxygens (including phenoxy) is 1. The highest BCUT2D eigenvalue weighted by atomic mass is 32.2. The fourth-order valence-electron chi connectivity index (χ4n) is 2.44. The maximum atomic E-state index is 12.6. The number of hydrogen-bond acceptors (Lipinski definition) is 7. The summed E-state index contributed by atoms with van der Waals surface area (Å²) in [5, 5.41) is 2.71. The van der Waals surface area contributed by atoms with Gasteiger partial charge in [-0.3, -0.25) is 9.59 Å². The molecular formula is C21H25N3O6S. The molecule has 2 aromatic rings. The normalized spacial score (nSPS) is 10.9. The lowest BCUT2D eigenvalue weighted by molar-refractivity contribution is 0.0497. The zero-order chi connectivity index (χ0) is 22.9. The summed E-state index contributed by atoms with van der Waals surface area (Å²) >= 11 is 0. The van der Waals surface area contributed by atoms with Gasteiger partial charge in [0.1, 0.15) is 5.69 Å². The molecule has 0 unspecified atom stereocenters. The van der Waals surface area contributed by atoms with E-state index in [1.807, 2.05) is 18.6 Å². The number of esters is 1. The van der Waals surface area contributed by atoms with E-state index >= 15 is 0 Å². The first-order chi connectivity index (χ1) is 14.8. The number of unbranched alkanes of at least 4 members (excludes halogenated alkanes) is 1. The summed E-state index contributed by atoms with van der Waals surface area (Å²) in [4.78, 5) is 39.9. The SMILES string of the molecule is CCCCNC(=O)c1cccc(S(=O)(=O)NC(=O)c2ccc(C(=O)OCCC)nc2)c1. The van der Waals surface area contributed by atoms with Crippen molar-refractivity contribution < 1.29 is 27.5 Å². The molecule has 2 N–H and O–H groups in total. The molecule has 0 aliphatic carbocycles. The van der Waals surface area contributed by atoms with Gasteiger partial charge in [-0.05, 0) is 43.2 Å². The largest absolute Gasteiger partial charge is 0.461 e. The molecule has 0 bridgehead atoms. The molecule has 0 atom stereocenters. The first-order valence-corrected chi connectivity index (χ1v) is 11.4. The Labute approximate surface area is 181 Å². The number of carbonyl (C=O) groups is 3. The topological polar surface area (TPSA) is 132 Å². The lowest BCUT2D eigenvalue weighted by Gasteiger charge is -2.09. The Hall–Kier alpha value is -3.27. The van der Waals surface area contributed by atoms with E-state index in [1.54, 1.807) is 0 Å². The van der Waals surface area contributed by atoms with E-state index in [2.05, 4.69) is 10.3 Å². The number of pyridine rings is 1. The molecule has 0 spiro atoms. The average molecular weight is 448 g/mol. The minimum atomic E-state index is -4.23. The second-order valence-corrected chi connectivity index (χ2v) is 8.32. The number of aromatic nitrogens is 1. The van der Waals surface area contributed by atoms with Crippen molar-refractivity contribution in [2.24, 2.45) is 0 Å². The third-order valence-corrected chi connectivity index (χ3v) is 5.45. The van der Waals surface area contributed by atoms with Gasteiger partial charge in [0.25, 0.3) is 21.8 Å². The highest BCUT2D eigenvalue weighted by Gasteiger charge is 2.21. The molecule has 2 amide bonds. The highest BCUT2D eigenvalue weighted by molar-refractivity contribution is 7.90. The minimum Gasteiger partial charge on any atom is -0.461 e. The molecule has 31 heavy (non-hydrogen) atoms. The molecule has 9 nitrogen and oxygen atoms in total. The summed E-state index contributed by atoms with van der Waals surface area (Å²) in [6.45, 7) is 4.57. The van der Waals surface area contributed by atoms with Crippen molar-refractivity contribution in [2.75, 3.05) is 13.2 Å². The Morgan fingerprint density at radius 3 is 2.42 bits per heavy atom. The fourth-order valence-corrected chi connectivity index (χ4v) is 3.46. The predicted octanol–water partition coefficient (Wildman–Crippen LogP) is 2.30. The lowest BCUT2D eigenvalue weighted by Crippen LogP contribution is -2.31. The average Bonchev–Trinajstić information content (AvgIpc) is 2.77. The number of hydrogen-bond donors (Lipinski definition) is 2. The standard InChI is InChI=1S/C21H25N3O6S/c1-3-5-11-22-19(25)15-7-6-8-17(13-15)31(28,29)24-20(26)16-9-10-18(23-14-16)21(27)30-12-4-2/h6-10,13-14H,3-5,11-12H2,1-2H3,(H,22,25)(H,24,26). The molecule has 1 aromatic carbocycles. The van der Waals surface area contributed by atoms with E-state index in [1.165, 1.54) is 36.4 Å². The van der Waals surface area contributed by atoms with Crippen molar-refractivity contribution in [1.29, 1.82) is 0 Å². The van der Waals surface area contributed by atoms with Gasteiger partial charge in [0.05, 0.1) is 17.1 Å². The quantitative estimate of drug-likeness (QED) is 0.422. The third-order valence-electron chi connectivity index (χ3n) is 4.12. The van der Waals surface area contributed by atoms with Gasteiger partial charge in [-0.1, -0.05) is 26.3 Å². The summed E-state index contributed by atoms with van der Waals surface area (Å²) in [6, 6.07) is 7.94. The minimum absolute atomic E-state index is 0.00893. The molecule has 0 saturated carbocycles. The van der Waals surface area contributed by atoms with Crippen LogP contribution in [0.15, 0.2) is 47.5 Å². The smallest absolute Gasteiger partial charge is 0.356 e. The van der Waals surface area contributed by atoms with Crippen LogP contribution < -0.4 is 10.0 Å². The summed E-state index contributed by atoms with van der Waals surface area (Å²) in [5.74, 6) is -1.94. The van der Waals surface area contributed by atoms with Crippen LogP contribution in [0.4, 0.5) is 0 Å². The van der Waals surface area contributed by atoms with Crippen LogP contribution in [0.3, 0.4) is 0 Å². The van der Waals surface area contributed by atoms with Crippen molar-refractivity contribution in [1.82, 2.24) is 15.0 Å². The van der Waals surface area contributed by atoms with Crippen LogP contribution in [-0.4, -0.2) is 44.3 Å². The van der Waals surface area contributed by atoms with Gasteiger partial charge in [0.15, 0.2) is 0 Å². The van der Waals surface area contributed by atoms with Crippen LogP contribution in [0.5, 0.6) is 0 Å². The highest BCUT2D eigenvalue weighted by Crippen LogP contribution is 2.13. The summed E-state index contributed by atoms with van der Waals surface area (Å²) in [5.41, 5.74) is 0.127. The van der Waals surface area contributed by atoms with E-state index in [0.29, 0.717) is 13.0 Å². The van der Waals surface area contributed by atoms with E-state index in [0.717, 1.165) is 19.0 Å². The molecular weight excluding hydrogens is 422 g/mol. The van der Waals surface area contributed by atoms with Gasteiger partial charge in [-0.15, -0.1) is 0 Å². The summed E-state index contributed by atoms with van der Waals surface area (Å²) in [6.07, 6.45) is 3.47.